The van der Waals surface area contributed by atoms with Crippen molar-refractivity contribution in [3.05, 3.63) is 29.8 Å². The number of hydrogen-bond donors (Lipinski definition) is 0. The molecule has 1 atom stereocenters. The third-order valence-electron chi connectivity index (χ3n) is 6.15. The maximum atomic E-state index is 12.3. The molecule has 1 aliphatic carbocycles. The molecule has 0 aromatic carbocycles. The molecule has 9 nitrogen and oxygen atoms in total. The van der Waals surface area contributed by atoms with E-state index in [0.717, 1.165) is 25.7 Å². The Labute approximate surface area is 179 Å². The highest BCUT2D eigenvalue weighted by molar-refractivity contribution is 5.85. The highest BCUT2D eigenvalue weighted by atomic mass is 16.6. The first-order chi connectivity index (χ1) is 15.1. The molecule has 0 radical (unpaired) electrons. The smallest absolute Gasteiger partial charge is 0.410 e. The Morgan fingerprint density at radius 1 is 1.35 bits per heavy atom. The average Bonchev–Trinajstić information content (AvgIpc) is 3.38. The van der Waals surface area contributed by atoms with Gasteiger partial charge in [0.25, 0.3) is 5.89 Å². The van der Waals surface area contributed by atoms with E-state index in [1.165, 1.54) is 6.20 Å². The maximum absolute atomic E-state index is 12.3. The van der Waals surface area contributed by atoms with E-state index in [-0.39, 0.29) is 18.1 Å². The summed E-state index contributed by atoms with van der Waals surface area (Å²) in [7, 11) is 0. The van der Waals surface area contributed by atoms with Gasteiger partial charge in [0.2, 0.25) is 0 Å². The summed E-state index contributed by atoms with van der Waals surface area (Å²) in [5.74, 6) is 2.23. The number of carbonyl (C=O) groups excluding carboxylic acids is 1. The highest BCUT2D eigenvalue weighted by Crippen LogP contribution is 2.34. The van der Waals surface area contributed by atoms with Crippen LogP contribution >= 0.6 is 0 Å². The number of fused-ring (bicyclic) bond motifs is 1. The summed E-state index contributed by atoms with van der Waals surface area (Å²) in [4.78, 5) is 22.6. The number of hydrogen-bond acceptors (Lipinski definition) is 8. The van der Waals surface area contributed by atoms with E-state index in [9.17, 15) is 10.1 Å². The van der Waals surface area contributed by atoms with Crippen molar-refractivity contribution in [1.29, 1.82) is 5.26 Å². The number of carbonyl (C=O) groups is 1. The summed E-state index contributed by atoms with van der Waals surface area (Å²) in [6, 6.07) is 5.44. The van der Waals surface area contributed by atoms with E-state index in [1.54, 1.807) is 17.0 Å². The number of nitriles is 1. The minimum Gasteiger partial charge on any atom is -0.451 e. The largest absolute Gasteiger partial charge is 0.451 e. The molecule has 9 heteroatoms. The van der Waals surface area contributed by atoms with E-state index in [4.69, 9.17) is 13.7 Å². The number of piperidine rings is 1. The summed E-state index contributed by atoms with van der Waals surface area (Å²) >= 11 is 0. The molecule has 2 fully saturated rings. The SMILES string of the molecule is CC(OC(=O)N1CCC(Cc2noc(-c3cc4c(C#N)nccc4o3)n2)CC1)C1CC1. The highest BCUT2D eigenvalue weighted by Gasteiger charge is 2.33. The van der Waals surface area contributed by atoms with Gasteiger partial charge in [-0.05, 0) is 50.5 Å². The minimum atomic E-state index is -0.198. The number of likely N-dealkylation sites (tertiary alicyclic amines) is 1. The zero-order valence-electron chi connectivity index (χ0n) is 17.3. The Hall–Kier alpha value is -3.41. The molecule has 0 spiro atoms. The molecule has 0 N–H and O–H groups in total. The fourth-order valence-electron chi connectivity index (χ4n) is 4.07. The second-order valence-corrected chi connectivity index (χ2v) is 8.37. The van der Waals surface area contributed by atoms with Crippen LogP contribution in [0.3, 0.4) is 0 Å². The van der Waals surface area contributed by atoms with E-state index in [2.05, 4.69) is 15.1 Å². The number of amides is 1. The van der Waals surface area contributed by atoms with Gasteiger partial charge in [-0.1, -0.05) is 5.16 Å². The number of furan rings is 1. The number of ether oxygens (including phenoxy) is 1. The van der Waals surface area contributed by atoms with Crippen LogP contribution in [0.15, 0.2) is 27.3 Å². The van der Waals surface area contributed by atoms with E-state index < -0.39 is 0 Å². The number of aromatic nitrogens is 3. The zero-order valence-corrected chi connectivity index (χ0v) is 17.3. The molecule has 31 heavy (non-hydrogen) atoms. The summed E-state index contributed by atoms with van der Waals surface area (Å²) in [5, 5.41) is 13.9. The van der Waals surface area contributed by atoms with E-state index in [0.29, 0.717) is 59.6 Å². The monoisotopic (exact) mass is 421 g/mol. The van der Waals surface area contributed by atoms with Crippen LogP contribution in [0.1, 0.15) is 44.1 Å². The van der Waals surface area contributed by atoms with Crippen LogP contribution in [0.5, 0.6) is 0 Å². The summed E-state index contributed by atoms with van der Waals surface area (Å²) in [5.41, 5.74) is 0.848. The molecule has 1 saturated heterocycles. The Kier molecular flexibility index (Phi) is 5.06. The molecule has 1 amide bonds. The standard InChI is InChI=1S/C22H23N5O4/c1-13(15-2-3-15)29-22(28)27-8-5-14(6-9-27)10-20-25-21(31-26-20)19-11-16-17(12-23)24-7-4-18(16)30-19/h4,7,11,13-15H,2-3,5-6,8-10H2,1H3. The molecular weight excluding hydrogens is 398 g/mol. The van der Waals surface area contributed by atoms with Crippen molar-refractivity contribution in [3.8, 4) is 17.7 Å². The minimum absolute atomic E-state index is 0.0150. The lowest BCUT2D eigenvalue weighted by Gasteiger charge is -2.31. The van der Waals surface area contributed by atoms with Crippen LogP contribution in [0, 0.1) is 23.2 Å². The van der Waals surface area contributed by atoms with Crippen molar-refractivity contribution in [1.82, 2.24) is 20.0 Å². The topological polar surface area (TPSA) is 118 Å². The van der Waals surface area contributed by atoms with Gasteiger partial charge in [-0.25, -0.2) is 9.78 Å². The van der Waals surface area contributed by atoms with Crippen LogP contribution in [-0.4, -0.2) is 45.3 Å². The van der Waals surface area contributed by atoms with Crippen molar-refractivity contribution in [3.63, 3.8) is 0 Å². The lowest BCUT2D eigenvalue weighted by molar-refractivity contribution is 0.0513. The average molecular weight is 421 g/mol. The van der Waals surface area contributed by atoms with Crippen molar-refractivity contribution in [2.75, 3.05) is 13.1 Å². The summed E-state index contributed by atoms with van der Waals surface area (Å²) in [6.07, 6.45) is 6.09. The van der Waals surface area contributed by atoms with Gasteiger partial charge >= 0.3 is 6.09 Å². The molecule has 1 unspecified atom stereocenters. The Morgan fingerprint density at radius 3 is 2.90 bits per heavy atom. The van der Waals surface area contributed by atoms with Crippen molar-refractivity contribution in [2.45, 2.75) is 45.1 Å². The quantitative estimate of drug-likeness (QED) is 0.608. The van der Waals surface area contributed by atoms with Gasteiger partial charge in [0.05, 0.1) is 5.39 Å². The Balaban J connectivity index is 1.18. The van der Waals surface area contributed by atoms with E-state index >= 15 is 0 Å². The molecule has 3 aromatic heterocycles. The predicted molar refractivity (Wildman–Crippen MR) is 109 cm³/mol. The van der Waals surface area contributed by atoms with Crippen molar-refractivity contribution in [2.24, 2.45) is 11.8 Å². The van der Waals surface area contributed by atoms with Gasteiger partial charge < -0.3 is 18.6 Å². The number of rotatable bonds is 5. The van der Waals surface area contributed by atoms with Gasteiger partial charge in [0, 0.05) is 31.8 Å². The molecule has 4 heterocycles. The van der Waals surface area contributed by atoms with Gasteiger partial charge in [-0.3, -0.25) is 0 Å². The lowest BCUT2D eigenvalue weighted by Crippen LogP contribution is -2.40. The molecular formula is C22H23N5O4. The van der Waals surface area contributed by atoms with Gasteiger partial charge in [0.1, 0.15) is 17.8 Å². The summed E-state index contributed by atoms with van der Waals surface area (Å²) in [6.45, 7) is 3.34. The Bertz CT molecular complexity index is 1130. The maximum Gasteiger partial charge on any atom is 0.410 e. The molecule has 0 bridgehead atoms. The Morgan fingerprint density at radius 2 is 2.16 bits per heavy atom. The van der Waals surface area contributed by atoms with Crippen LogP contribution < -0.4 is 0 Å². The van der Waals surface area contributed by atoms with Gasteiger partial charge in [-0.2, -0.15) is 10.2 Å². The van der Waals surface area contributed by atoms with Gasteiger partial charge in [-0.15, -0.1) is 0 Å². The molecule has 2 aliphatic rings. The number of nitrogens with zero attached hydrogens (tertiary/aromatic N) is 5. The van der Waals surface area contributed by atoms with Crippen LogP contribution in [0.25, 0.3) is 22.6 Å². The van der Waals surface area contributed by atoms with Crippen LogP contribution in [0.4, 0.5) is 4.79 Å². The second kappa shape index (κ2) is 8.02. The fraction of sp³-hybridized carbons (Fsp3) is 0.500. The van der Waals surface area contributed by atoms with Crippen LogP contribution in [-0.2, 0) is 11.2 Å². The molecule has 1 aliphatic heterocycles. The van der Waals surface area contributed by atoms with Gasteiger partial charge in [0.15, 0.2) is 17.3 Å². The van der Waals surface area contributed by atoms with Crippen LogP contribution in [0.2, 0.25) is 0 Å². The first-order valence-corrected chi connectivity index (χ1v) is 10.7. The normalized spacial score (nSPS) is 18.1. The first kappa shape index (κ1) is 19.5. The third kappa shape index (κ3) is 4.10. The third-order valence-corrected chi connectivity index (χ3v) is 6.15. The predicted octanol–water partition coefficient (Wildman–Crippen LogP) is 3.94. The lowest BCUT2D eigenvalue weighted by atomic mass is 9.93. The van der Waals surface area contributed by atoms with E-state index in [1.807, 2.05) is 13.0 Å². The molecule has 3 aromatic rings. The second-order valence-electron chi connectivity index (χ2n) is 8.37. The van der Waals surface area contributed by atoms with Crippen molar-refractivity contribution < 1.29 is 18.5 Å². The fourth-order valence-corrected chi connectivity index (χ4v) is 4.07. The molecule has 1 saturated carbocycles. The van der Waals surface area contributed by atoms with Crippen molar-refractivity contribution >= 4 is 17.1 Å². The molecule has 5 rings (SSSR count). The summed E-state index contributed by atoms with van der Waals surface area (Å²) < 4.78 is 16.7. The first-order valence-electron chi connectivity index (χ1n) is 10.7. The molecule has 160 valence electrons. The number of pyridine rings is 1. The zero-order chi connectivity index (χ0) is 21.4.